The molecule has 0 saturated carbocycles. The van der Waals surface area contributed by atoms with E-state index in [0.29, 0.717) is 13.0 Å². The summed E-state index contributed by atoms with van der Waals surface area (Å²) in [6.45, 7) is 0.399. The minimum Gasteiger partial charge on any atom is -0.329 e. The molecule has 1 atom stereocenters. The second-order valence-corrected chi connectivity index (χ2v) is 2.71. The Morgan fingerprint density at radius 2 is 2.25 bits per heavy atom. The van der Waals surface area contributed by atoms with Gasteiger partial charge >= 0.3 is 0 Å². The zero-order valence-corrected chi connectivity index (χ0v) is 6.70. The van der Waals surface area contributed by atoms with Gasteiger partial charge in [0.05, 0.1) is 6.20 Å². The van der Waals surface area contributed by atoms with Gasteiger partial charge < -0.3 is 11.5 Å². The number of hydrogen-bond acceptors (Lipinski definition) is 3. The summed E-state index contributed by atoms with van der Waals surface area (Å²) in [5.41, 5.74) is 11.7. The first-order chi connectivity index (χ1) is 5.72. The highest BCUT2D eigenvalue weighted by molar-refractivity contribution is 5.11. The summed E-state index contributed by atoms with van der Waals surface area (Å²) in [4.78, 5) is 3.70. The first-order valence-electron chi connectivity index (χ1n) is 3.77. The largest absolute Gasteiger partial charge is 0.329 e. The lowest BCUT2D eigenvalue weighted by Crippen LogP contribution is -2.31. The highest BCUT2D eigenvalue weighted by Gasteiger charge is 2.02. The van der Waals surface area contributed by atoms with Crippen molar-refractivity contribution in [1.29, 1.82) is 0 Å². The normalized spacial score (nSPS) is 12.9. The van der Waals surface area contributed by atoms with Gasteiger partial charge in [0, 0.05) is 18.8 Å². The van der Waals surface area contributed by atoms with Gasteiger partial charge in [-0.2, -0.15) is 0 Å². The van der Waals surface area contributed by atoms with E-state index in [2.05, 4.69) is 4.98 Å². The van der Waals surface area contributed by atoms with Gasteiger partial charge in [-0.3, -0.25) is 4.98 Å². The van der Waals surface area contributed by atoms with Crippen LogP contribution < -0.4 is 11.5 Å². The van der Waals surface area contributed by atoms with Gasteiger partial charge in [-0.15, -0.1) is 0 Å². The first-order valence-corrected chi connectivity index (χ1v) is 3.77. The molecule has 0 aliphatic heterocycles. The van der Waals surface area contributed by atoms with Gasteiger partial charge in [-0.1, -0.05) is 0 Å². The number of pyridine rings is 1. The van der Waals surface area contributed by atoms with Crippen LogP contribution in [-0.4, -0.2) is 17.6 Å². The molecule has 1 rings (SSSR count). The van der Waals surface area contributed by atoms with Crippen LogP contribution in [0.3, 0.4) is 0 Å². The Bertz CT molecular complexity index is 252. The maximum absolute atomic E-state index is 12.6. The van der Waals surface area contributed by atoms with Crippen molar-refractivity contribution in [3.63, 3.8) is 0 Å². The summed E-state index contributed by atoms with van der Waals surface area (Å²) in [5, 5.41) is 0. The molecule has 1 aromatic rings. The van der Waals surface area contributed by atoms with E-state index in [1.807, 2.05) is 0 Å². The smallest absolute Gasteiger partial charge is 0.141 e. The molecule has 1 unspecified atom stereocenters. The highest BCUT2D eigenvalue weighted by atomic mass is 19.1. The molecule has 0 amide bonds. The fraction of sp³-hybridized carbons (Fsp3) is 0.375. The Hall–Kier alpha value is -1.00. The Morgan fingerprint density at radius 3 is 2.83 bits per heavy atom. The van der Waals surface area contributed by atoms with Gasteiger partial charge in [0.25, 0.3) is 0 Å². The standard InChI is InChI=1S/C8H12FN3/c9-7-1-6(4-12-5-7)2-8(11)3-10/h1,4-5,8H,2-3,10-11H2. The van der Waals surface area contributed by atoms with E-state index in [1.165, 1.54) is 6.07 Å². The van der Waals surface area contributed by atoms with Crippen molar-refractivity contribution in [3.05, 3.63) is 29.8 Å². The zero-order chi connectivity index (χ0) is 8.97. The molecule has 12 heavy (non-hydrogen) atoms. The lowest BCUT2D eigenvalue weighted by molar-refractivity contribution is 0.612. The molecule has 0 bridgehead atoms. The average Bonchev–Trinajstić information content (AvgIpc) is 2.04. The maximum atomic E-state index is 12.6. The van der Waals surface area contributed by atoms with Crippen LogP contribution in [0.2, 0.25) is 0 Å². The van der Waals surface area contributed by atoms with Crippen molar-refractivity contribution in [2.45, 2.75) is 12.5 Å². The summed E-state index contributed by atoms with van der Waals surface area (Å²) in [6.07, 6.45) is 3.33. The third-order valence-corrected chi connectivity index (χ3v) is 1.56. The predicted octanol–water partition coefficient (Wildman–Crippen LogP) is 0.0492. The van der Waals surface area contributed by atoms with Crippen LogP contribution in [0.1, 0.15) is 5.56 Å². The third kappa shape index (κ3) is 2.56. The second kappa shape index (κ2) is 4.13. The van der Waals surface area contributed by atoms with E-state index in [9.17, 15) is 4.39 Å². The Balaban J connectivity index is 2.63. The molecule has 0 aromatic carbocycles. The lowest BCUT2D eigenvalue weighted by Gasteiger charge is -2.07. The number of nitrogens with two attached hydrogens (primary N) is 2. The SMILES string of the molecule is NCC(N)Cc1cncc(F)c1. The minimum atomic E-state index is -0.336. The van der Waals surface area contributed by atoms with Crippen LogP contribution in [0.5, 0.6) is 0 Å². The molecule has 3 nitrogen and oxygen atoms in total. The molecular formula is C8H12FN3. The molecule has 0 spiro atoms. The third-order valence-electron chi connectivity index (χ3n) is 1.56. The fourth-order valence-electron chi connectivity index (χ4n) is 0.954. The molecule has 0 aliphatic rings. The fourth-order valence-corrected chi connectivity index (χ4v) is 0.954. The lowest BCUT2D eigenvalue weighted by atomic mass is 10.1. The summed E-state index contributed by atoms with van der Waals surface area (Å²) in [6, 6.07) is 1.30. The highest BCUT2D eigenvalue weighted by Crippen LogP contribution is 2.02. The summed E-state index contributed by atoms with van der Waals surface area (Å²) in [5.74, 6) is -0.336. The van der Waals surface area contributed by atoms with Crippen molar-refractivity contribution < 1.29 is 4.39 Å². The summed E-state index contributed by atoms with van der Waals surface area (Å²) in [7, 11) is 0. The average molecular weight is 169 g/mol. The number of halogens is 1. The molecule has 4 heteroatoms. The monoisotopic (exact) mass is 169 g/mol. The van der Waals surface area contributed by atoms with Crippen molar-refractivity contribution >= 4 is 0 Å². The van der Waals surface area contributed by atoms with Crippen LogP contribution in [0.15, 0.2) is 18.5 Å². The molecule has 0 saturated heterocycles. The van der Waals surface area contributed by atoms with Crippen LogP contribution in [0, 0.1) is 5.82 Å². The van der Waals surface area contributed by atoms with Gasteiger partial charge in [0.1, 0.15) is 5.82 Å². The van der Waals surface area contributed by atoms with Crippen LogP contribution in [0.25, 0.3) is 0 Å². The molecular weight excluding hydrogens is 157 g/mol. The van der Waals surface area contributed by atoms with Crippen molar-refractivity contribution in [3.8, 4) is 0 Å². The Kier molecular flexibility index (Phi) is 3.13. The summed E-state index contributed by atoms with van der Waals surface area (Å²) >= 11 is 0. The van der Waals surface area contributed by atoms with E-state index >= 15 is 0 Å². The van der Waals surface area contributed by atoms with E-state index in [1.54, 1.807) is 6.20 Å². The van der Waals surface area contributed by atoms with E-state index in [4.69, 9.17) is 11.5 Å². The molecule has 1 heterocycles. The van der Waals surface area contributed by atoms with Crippen LogP contribution >= 0.6 is 0 Å². The number of nitrogens with zero attached hydrogens (tertiary/aromatic N) is 1. The molecule has 4 N–H and O–H groups in total. The van der Waals surface area contributed by atoms with Gasteiger partial charge in [-0.05, 0) is 18.1 Å². The van der Waals surface area contributed by atoms with Gasteiger partial charge in [0.2, 0.25) is 0 Å². The maximum Gasteiger partial charge on any atom is 0.141 e. The molecule has 66 valence electrons. The van der Waals surface area contributed by atoms with E-state index < -0.39 is 0 Å². The molecule has 0 aliphatic carbocycles. The van der Waals surface area contributed by atoms with Crippen molar-refractivity contribution in [1.82, 2.24) is 4.98 Å². The Morgan fingerprint density at radius 1 is 1.50 bits per heavy atom. The molecule has 1 aromatic heterocycles. The van der Waals surface area contributed by atoms with Crippen LogP contribution in [0.4, 0.5) is 4.39 Å². The van der Waals surface area contributed by atoms with E-state index in [0.717, 1.165) is 11.8 Å². The van der Waals surface area contributed by atoms with Crippen molar-refractivity contribution in [2.24, 2.45) is 11.5 Å². The first kappa shape index (κ1) is 9.09. The molecule has 0 fully saturated rings. The van der Waals surface area contributed by atoms with Gasteiger partial charge in [-0.25, -0.2) is 4.39 Å². The number of aromatic nitrogens is 1. The second-order valence-electron chi connectivity index (χ2n) is 2.71. The van der Waals surface area contributed by atoms with E-state index in [-0.39, 0.29) is 11.9 Å². The number of hydrogen-bond donors (Lipinski definition) is 2. The minimum absolute atomic E-state index is 0.117. The van der Waals surface area contributed by atoms with Crippen LogP contribution in [-0.2, 0) is 6.42 Å². The van der Waals surface area contributed by atoms with Crippen molar-refractivity contribution in [2.75, 3.05) is 6.54 Å². The molecule has 0 radical (unpaired) electrons. The Labute approximate surface area is 70.6 Å². The summed E-state index contributed by atoms with van der Waals surface area (Å²) < 4.78 is 12.6. The quantitative estimate of drug-likeness (QED) is 0.672. The predicted molar refractivity (Wildman–Crippen MR) is 44.9 cm³/mol. The van der Waals surface area contributed by atoms with Gasteiger partial charge in [0.15, 0.2) is 0 Å². The topological polar surface area (TPSA) is 64.9 Å². The zero-order valence-electron chi connectivity index (χ0n) is 6.70. The number of rotatable bonds is 3.